The van der Waals surface area contributed by atoms with Crippen LogP contribution in [0.4, 0.5) is 0 Å². The Labute approximate surface area is 199 Å². The Kier molecular flexibility index (Phi) is 7.43. The predicted molar refractivity (Wildman–Crippen MR) is 135 cm³/mol. The third-order valence-corrected chi connectivity index (χ3v) is 8.01. The number of benzene rings is 2. The second-order valence-corrected chi connectivity index (χ2v) is 10.4. The summed E-state index contributed by atoms with van der Waals surface area (Å²) in [6.07, 6.45) is 8.91. The Hall–Kier alpha value is -2.17. The van der Waals surface area contributed by atoms with Gasteiger partial charge in [0.15, 0.2) is 0 Å². The van der Waals surface area contributed by atoms with Crippen molar-refractivity contribution < 1.29 is 4.79 Å². The number of hydrogen-bond donors (Lipinski definition) is 0. The summed E-state index contributed by atoms with van der Waals surface area (Å²) in [5, 5.41) is 0. The van der Waals surface area contributed by atoms with Crippen molar-refractivity contribution in [1.82, 2.24) is 14.7 Å². The molecule has 3 fully saturated rings. The fraction of sp³-hybridized carbons (Fsp3) is 0.552. The van der Waals surface area contributed by atoms with E-state index in [0.717, 1.165) is 44.1 Å². The van der Waals surface area contributed by atoms with E-state index in [0.29, 0.717) is 5.92 Å². The number of rotatable bonds is 6. The molecule has 3 aliphatic heterocycles. The maximum Gasteiger partial charge on any atom is 0.253 e. The van der Waals surface area contributed by atoms with E-state index < -0.39 is 0 Å². The average Bonchev–Trinajstić information content (AvgIpc) is 3.34. The topological polar surface area (TPSA) is 26.8 Å². The number of carbonyl (C=O) groups excluding carboxylic acids is 1. The van der Waals surface area contributed by atoms with E-state index in [2.05, 4.69) is 51.1 Å². The molecule has 0 aromatic heterocycles. The lowest BCUT2D eigenvalue weighted by atomic mass is 9.98. The molecule has 3 heterocycles. The largest absolute Gasteiger partial charge is 0.338 e. The van der Waals surface area contributed by atoms with E-state index in [1.165, 1.54) is 69.4 Å². The van der Waals surface area contributed by atoms with Gasteiger partial charge in [-0.25, -0.2) is 0 Å². The van der Waals surface area contributed by atoms with Gasteiger partial charge in [-0.2, -0.15) is 0 Å². The molecule has 1 unspecified atom stereocenters. The minimum absolute atomic E-state index is 0.201. The molecule has 2 aromatic carbocycles. The molecule has 0 radical (unpaired) electrons. The third-order valence-electron chi connectivity index (χ3n) is 8.01. The summed E-state index contributed by atoms with van der Waals surface area (Å²) in [5.41, 5.74) is 3.39. The van der Waals surface area contributed by atoms with Gasteiger partial charge >= 0.3 is 0 Å². The minimum atomic E-state index is 0.201. The normalized spacial score (nSPS) is 23.2. The Morgan fingerprint density at radius 3 is 2.18 bits per heavy atom. The van der Waals surface area contributed by atoms with Crippen LogP contribution in [0.15, 0.2) is 54.6 Å². The summed E-state index contributed by atoms with van der Waals surface area (Å²) in [4.78, 5) is 20.6. The van der Waals surface area contributed by atoms with Crippen molar-refractivity contribution in [2.45, 2.75) is 51.0 Å². The van der Waals surface area contributed by atoms with Gasteiger partial charge in [0, 0.05) is 31.2 Å². The zero-order chi connectivity index (χ0) is 22.5. The van der Waals surface area contributed by atoms with Gasteiger partial charge in [-0.1, -0.05) is 48.9 Å². The first-order valence-electron chi connectivity index (χ1n) is 13.1. The van der Waals surface area contributed by atoms with Gasteiger partial charge in [-0.3, -0.25) is 4.79 Å². The Morgan fingerprint density at radius 1 is 0.758 bits per heavy atom. The molecule has 0 saturated carbocycles. The number of nitrogens with zero attached hydrogens (tertiary/aromatic N) is 3. The minimum Gasteiger partial charge on any atom is -0.338 e. The second kappa shape index (κ2) is 10.8. The highest BCUT2D eigenvalue weighted by molar-refractivity contribution is 5.94. The summed E-state index contributed by atoms with van der Waals surface area (Å²) in [5.74, 6) is 0.824. The molecular weight excluding hydrogens is 406 g/mol. The van der Waals surface area contributed by atoms with Crippen LogP contribution >= 0.6 is 0 Å². The molecule has 1 amide bonds. The summed E-state index contributed by atoms with van der Waals surface area (Å²) < 4.78 is 0. The van der Waals surface area contributed by atoms with Crippen molar-refractivity contribution in [3.05, 3.63) is 71.3 Å². The molecule has 4 heteroatoms. The SMILES string of the molecule is O=C(c1ccc(Cc2ccccc2)cc1)N1CCC(CN2CCC(N3CCCCC3)CC2)C1. The average molecular weight is 446 g/mol. The van der Waals surface area contributed by atoms with E-state index >= 15 is 0 Å². The molecule has 0 N–H and O–H groups in total. The van der Waals surface area contributed by atoms with E-state index in [1.54, 1.807) is 0 Å². The highest BCUT2D eigenvalue weighted by Gasteiger charge is 2.31. The van der Waals surface area contributed by atoms with Gasteiger partial charge in [0.05, 0.1) is 0 Å². The first kappa shape index (κ1) is 22.6. The van der Waals surface area contributed by atoms with Crippen LogP contribution in [0.1, 0.15) is 60.0 Å². The van der Waals surface area contributed by atoms with Crippen LogP contribution in [-0.2, 0) is 6.42 Å². The van der Waals surface area contributed by atoms with Crippen LogP contribution in [0.5, 0.6) is 0 Å². The molecule has 176 valence electrons. The van der Waals surface area contributed by atoms with Crippen LogP contribution in [0.2, 0.25) is 0 Å². The van der Waals surface area contributed by atoms with Gasteiger partial charge in [-0.15, -0.1) is 0 Å². The summed E-state index contributed by atoms with van der Waals surface area (Å²) in [6.45, 7) is 8.07. The molecule has 33 heavy (non-hydrogen) atoms. The molecule has 0 aliphatic carbocycles. The highest BCUT2D eigenvalue weighted by Crippen LogP contribution is 2.24. The van der Waals surface area contributed by atoms with E-state index in [9.17, 15) is 4.79 Å². The van der Waals surface area contributed by atoms with Crippen molar-refractivity contribution in [3.8, 4) is 0 Å². The molecule has 1 atom stereocenters. The van der Waals surface area contributed by atoms with Crippen LogP contribution in [0.3, 0.4) is 0 Å². The molecule has 3 saturated heterocycles. The van der Waals surface area contributed by atoms with Gasteiger partial charge < -0.3 is 14.7 Å². The number of amides is 1. The van der Waals surface area contributed by atoms with Crippen molar-refractivity contribution in [2.75, 3.05) is 45.8 Å². The number of carbonyl (C=O) groups is 1. The Morgan fingerprint density at radius 2 is 1.45 bits per heavy atom. The van der Waals surface area contributed by atoms with Crippen LogP contribution in [0, 0.1) is 5.92 Å². The molecule has 0 bridgehead atoms. The lowest BCUT2D eigenvalue weighted by Gasteiger charge is -2.40. The third kappa shape index (κ3) is 5.85. The quantitative estimate of drug-likeness (QED) is 0.645. The molecular formula is C29H39N3O. The predicted octanol–water partition coefficient (Wildman–Crippen LogP) is 4.69. The van der Waals surface area contributed by atoms with Gasteiger partial charge in [-0.05, 0) is 93.9 Å². The molecule has 0 spiro atoms. The standard InChI is InChI=1S/C29H39N3O/c33-29(27-11-9-25(10-12-27)21-24-7-3-1-4-8-24)32-20-13-26(23-32)22-30-18-14-28(15-19-30)31-16-5-2-6-17-31/h1,3-4,7-12,26,28H,2,5-6,13-23H2. The summed E-state index contributed by atoms with van der Waals surface area (Å²) in [7, 11) is 0. The Bertz CT molecular complexity index is 883. The molecule has 3 aliphatic rings. The van der Waals surface area contributed by atoms with Crippen LogP contribution in [0.25, 0.3) is 0 Å². The fourth-order valence-electron chi connectivity index (χ4n) is 6.06. The van der Waals surface area contributed by atoms with Crippen molar-refractivity contribution >= 4 is 5.91 Å². The van der Waals surface area contributed by atoms with E-state index in [4.69, 9.17) is 0 Å². The van der Waals surface area contributed by atoms with Gasteiger partial charge in [0.2, 0.25) is 0 Å². The molecule has 5 rings (SSSR count). The van der Waals surface area contributed by atoms with Crippen molar-refractivity contribution in [3.63, 3.8) is 0 Å². The van der Waals surface area contributed by atoms with Gasteiger partial charge in [0.1, 0.15) is 0 Å². The van der Waals surface area contributed by atoms with Gasteiger partial charge in [0.25, 0.3) is 5.91 Å². The smallest absolute Gasteiger partial charge is 0.253 e. The maximum absolute atomic E-state index is 13.1. The van der Waals surface area contributed by atoms with E-state index in [-0.39, 0.29) is 5.91 Å². The highest BCUT2D eigenvalue weighted by atomic mass is 16.2. The first-order valence-corrected chi connectivity index (χ1v) is 13.1. The van der Waals surface area contributed by atoms with E-state index in [1.807, 2.05) is 18.2 Å². The fourth-order valence-corrected chi connectivity index (χ4v) is 6.06. The number of hydrogen-bond acceptors (Lipinski definition) is 3. The lowest BCUT2D eigenvalue weighted by molar-refractivity contribution is 0.0761. The summed E-state index contributed by atoms with van der Waals surface area (Å²) >= 11 is 0. The van der Waals surface area contributed by atoms with Crippen LogP contribution in [-0.4, -0.2) is 72.5 Å². The molecule has 2 aromatic rings. The monoisotopic (exact) mass is 445 g/mol. The summed E-state index contributed by atoms with van der Waals surface area (Å²) in [6, 6.07) is 19.6. The van der Waals surface area contributed by atoms with Crippen LogP contribution < -0.4 is 0 Å². The maximum atomic E-state index is 13.1. The van der Waals surface area contributed by atoms with Crippen molar-refractivity contribution in [2.24, 2.45) is 5.92 Å². The lowest BCUT2D eigenvalue weighted by Crippen LogP contribution is -2.47. The molecule has 4 nitrogen and oxygen atoms in total. The first-order chi connectivity index (χ1) is 16.2. The zero-order valence-electron chi connectivity index (χ0n) is 20.0. The van der Waals surface area contributed by atoms with Crippen molar-refractivity contribution in [1.29, 1.82) is 0 Å². The Balaban J connectivity index is 1.07. The second-order valence-electron chi connectivity index (χ2n) is 10.4. The number of piperidine rings is 2. The number of likely N-dealkylation sites (tertiary alicyclic amines) is 3. The zero-order valence-corrected chi connectivity index (χ0v) is 20.0.